The van der Waals surface area contributed by atoms with Crippen LogP contribution in [-0.4, -0.2) is 38.2 Å². The summed E-state index contributed by atoms with van der Waals surface area (Å²) in [5.41, 5.74) is 1.44. The summed E-state index contributed by atoms with van der Waals surface area (Å²) in [6, 6.07) is 0. The van der Waals surface area contributed by atoms with Crippen LogP contribution in [0, 0.1) is 0 Å². The van der Waals surface area contributed by atoms with Crippen LogP contribution in [0.25, 0.3) is 10.2 Å². The van der Waals surface area contributed by atoms with Crippen LogP contribution in [0.5, 0.6) is 0 Å². The maximum atomic E-state index is 5.86. The Hall–Kier alpha value is -1.51. The topological polar surface area (TPSA) is 67.9 Å². The van der Waals surface area contributed by atoms with Crippen molar-refractivity contribution in [3.8, 4) is 0 Å². The van der Waals surface area contributed by atoms with E-state index in [0.717, 1.165) is 35.9 Å². The van der Waals surface area contributed by atoms with Crippen molar-refractivity contribution in [1.29, 1.82) is 0 Å². The number of hydrogen-bond donors (Lipinski definition) is 0. The Morgan fingerprint density at radius 3 is 2.88 bits per heavy atom. The average Bonchev–Trinajstić information content (AvgIpc) is 3.35. The van der Waals surface area contributed by atoms with Gasteiger partial charge in [-0.25, -0.2) is 9.97 Å². The first kappa shape index (κ1) is 15.7. The van der Waals surface area contributed by atoms with Gasteiger partial charge in [0, 0.05) is 10.3 Å². The lowest BCUT2D eigenvalue weighted by molar-refractivity contribution is 0.278. The second kappa shape index (κ2) is 6.66. The minimum absolute atomic E-state index is 0.574. The zero-order chi connectivity index (χ0) is 16.6. The molecule has 2 aliphatic rings. The molecule has 1 aliphatic heterocycles. The van der Waals surface area contributed by atoms with Gasteiger partial charge in [-0.05, 0) is 68.9 Å². The molecule has 0 N–H and O–H groups in total. The van der Waals surface area contributed by atoms with Gasteiger partial charge >= 0.3 is 0 Å². The molecule has 5 rings (SSSR count). The predicted molar refractivity (Wildman–Crippen MR) is 97.0 cm³/mol. The average molecular weight is 374 g/mol. The Morgan fingerprint density at radius 1 is 1.08 bits per heavy atom. The number of aromatic nitrogens is 4. The Balaban J connectivity index is 1.42. The third-order valence-corrected chi connectivity index (χ3v) is 6.95. The fourth-order valence-corrected chi connectivity index (χ4v) is 5.80. The summed E-state index contributed by atoms with van der Waals surface area (Å²) in [7, 11) is 0. The third kappa shape index (κ3) is 3.07. The van der Waals surface area contributed by atoms with Crippen LogP contribution in [0.1, 0.15) is 42.0 Å². The summed E-state index contributed by atoms with van der Waals surface area (Å²) in [6.07, 6.45) is 8.99. The van der Waals surface area contributed by atoms with E-state index < -0.39 is 0 Å². The molecule has 4 heterocycles. The van der Waals surface area contributed by atoms with Gasteiger partial charge in [-0.15, -0.1) is 21.5 Å². The Kier molecular flexibility index (Phi) is 4.19. The smallest absolute Gasteiger partial charge is 0.283 e. The van der Waals surface area contributed by atoms with Crippen molar-refractivity contribution in [2.75, 3.05) is 13.1 Å². The van der Waals surface area contributed by atoms with Crippen molar-refractivity contribution in [2.45, 2.75) is 55.3 Å². The number of rotatable bonds is 4. The minimum Gasteiger partial charge on any atom is -0.414 e. The van der Waals surface area contributed by atoms with Gasteiger partial charge in [-0.1, -0.05) is 0 Å². The lowest BCUT2D eigenvalue weighted by atomic mass is 9.97. The third-order valence-electron chi connectivity index (χ3n) is 4.91. The molecule has 0 amide bonds. The van der Waals surface area contributed by atoms with Gasteiger partial charge in [0.15, 0.2) is 0 Å². The van der Waals surface area contributed by atoms with E-state index in [9.17, 15) is 0 Å². The van der Waals surface area contributed by atoms with Crippen molar-refractivity contribution in [3.05, 3.63) is 22.7 Å². The quantitative estimate of drug-likeness (QED) is 0.646. The monoisotopic (exact) mass is 373 g/mol. The van der Waals surface area contributed by atoms with Gasteiger partial charge in [0.2, 0.25) is 5.89 Å². The maximum Gasteiger partial charge on any atom is 0.283 e. The van der Waals surface area contributed by atoms with Crippen LogP contribution in [0.3, 0.4) is 0 Å². The first-order valence-corrected chi connectivity index (χ1v) is 10.5. The highest BCUT2D eigenvalue weighted by Crippen LogP contribution is 2.40. The molecule has 3 aromatic rings. The van der Waals surface area contributed by atoms with E-state index in [-0.39, 0.29) is 0 Å². The first-order chi connectivity index (χ1) is 12.4. The van der Waals surface area contributed by atoms with Gasteiger partial charge in [0.1, 0.15) is 16.2 Å². The molecule has 3 aromatic heterocycles. The molecule has 0 atom stereocenters. The molecule has 0 radical (unpaired) electrons. The van der Waals surface area contributed by atoms with Crippen molar-refractivity contribution in [3.63, 3.8) is 0 Å². The molecule has 25 heavy (non-hydrogen) atoms. The fourth-order valence-electron chi connectivity index (χ4n) is 3.70. The highest BCUT2D eigenvalue weighted by Gasteiger charge is 2.22. The van der Waals surface area contributed by atoms with Gasteiger partial charge in [0.25, 0.3) is 5.22 Å². The summed E-state index contributed by atoms with van der Waals surface area (Å²) in [6.45, 7) is 3.00. The van der Waals surface area contributed by atoms with E-state index in [1.807, 2.05) is 11.3 Å². The largest absolute Gasteiger partial charge is 0.414 e. The minimum atomic E-state index is 0.574. The highest BCUT2D eigenvalue weighted by atomic mass is 32.2. The SMILES string of the molecule is c1nc(Sc2nnc(CN3CCCC3)o2)c2c3c(sc2n1)CCCC3. The first-order valence-electron chi connectivity index (χ1n) is 8.84. The van der Waals surface area contributed by atoms with E-state index in [0.29, 0.717) is 11.1 Å². The second-order valence-corrected chi connectivity index (χ2v) is 8.64. The van der Waals surface area contributed by atoms with Gasteiger partial charge < -0.3 is 4.42 Å². The summed E-state index contributed by atoms with van der Waals surface area (Å²) >= 11 is 3.28. The molecular weight excluding hydrogens is 354 g/mol. The summed E-state index contributed by atoms with van der Waals surface area (Å²) in [5.74, 6) is 0.696. The van der Waals surface area contributed by atoms with Gasteiger partial charge in [0.05, 0.1) is 6.54 Å². The molecular formula is C17H19N5OS2. The maximum absolute atomic E-state index is 5.86. The van der Waals surface area contributed by atoms with Gasteiger partial charge in [-0.2, -0.15) is 0 Å². The van der Waals surface area contributed by atoms with E-state index >= 15 is 0 Å². The zero-order valence-electron chi connectivity index (χ0n) is 13.9. The van der Waals surface area contributed by atoms with E-state index in [2.05, 4.69) is 25.1 Å². The molecule has 0 bridgehead atoms. The molecule has 1 fully saturated rings. The number of thiophene rings is 1. The fraction of sp³-hybridized carbons (Fsp3) is 0.529. The van der Waals surface area contributed by atoms with Crippen molar-refractivity contribution >= 4 is 33.3 Å². The lowest BCUT2D eigenvalue weighted by Gasteiger charge is -2.11. The molecule has 130 valence electrons. The summed E-state index contributed by atoms with van der Waals surface area (Å²) < 4.78 is 5.86. The number of likely N-dealkylation sites (tertiary alicyclic amines) is 1. The standard InChI is InChI=1S/C17H19N5OS2/c1-2-6-12-11(5-1)14-15(24-12)18-10-19-16(14)25-17-21-20-13(23-17)9-22-7-3-4-8-22/h10H,1-9H2. The van der Waals surface area contributed by atoms with Crippen LogP contribution in [0.4, 0.5) is 0 Å². The van der Waals surface area contributed by atoms with Crippen LogP contribution in [0.2, 0.25) is 0 Å². The van der Waals surface area contributed by atoms with E-state index in [1.54, 1.807) is 6.33 Å². The Morgan fingerprint density at radius 2 is 1.96 bits per heavy atom. The number of nitrogens with zero attached hydrogens (tertiary/aromatic N) is 5. The van der Waals surface area contributed by atoms with Crippen LogP contribution >= 0.6 is 23.1 Å². The van der Waals surface area contributed by atoms with Crippen molar-refractivity contribution < 1.29 is 4.42 Å². The molecule has 0 unspecified atom stereocenters. The molecule has 6 nitrogen and oxygen atoms in total. The van der Waals surface area contributed by atoms with E-state index in [4.69, 9.17) is 4.42 Å². The molecule has 0 spiro atoms. The predicted octanol–water partition coefficient (Wildman–Crippen LogP) is 3.70. The summed E-state index contributed by atoms with van der Waals surface area (Å²) in [5, 5.41) is 11.2. The second-order valence-electron chi connectivity index (χ2n) is 6.62. The summed E-state index contributed by atoms with van der Waals surface area (Å²) in [4.78, 5) is 13.9. The van der Waals surface area contributed by atoms with Gasteiger partial charge in [-0.3, -0.25) is 4.90 Å². The molecule has 0 saturated carbocycles. The van der Waals surface area contributed by atoms with Crippen LogP contribution in [0.15, 0.2) is 21.0 Å². The van der Waals surface area contributed by atoms with Crippen LogP contribution < -0.4 is 0 Å². The lowest BCUT2D eigenvalue weighted by Crippen LogP contribution is -2.18. The van der Waals surface area contributed by atoms with Crippen molar-refractivity contribution in [1.82, 2.24) is 25.1 Å². The Labute approximate surface area is 154 Å². The Bertz CT molecular complexity index is 900. The number of aryl methyl sites for hydroxylation is 2. The number of fused-ring (bicyclic) bond motifs is 3. The van der Waals surface area contributed by atoms with Crippen molar-refractivity contribution in [2.24, 2.45) is 0 Å². The number of hydrogen-bond acceptors (Lipinski definition) is 8. The molecule has 1 aliphatic carbocycles. The zero-order valence-corrected chi connectivity index (χ0v) is 15.5. The molecule has 0 aromatic carbocycles. The highest BCUT2D eigenvalue weighted by molar-refractivity contribution is 7.99. The normalized spacial score (nSPS) is 18.1. The van der Waals surface area contributed by atoms with Crippen LogP contribution in [-0.2, 0) is 19.4 Å². The van der Waals surface area contributed by atoms with E-state index in [1.165, 1.54) is 59.7 Å². The molecule has 1 saturated heterocycles. The molecule has 8 heteroatoms.